The summed E-state index contributed by atoms with van der Waals surface area (Å²) in [4.78, 5) is 118. The number of carboxylic acids is 2. The van der Waals surface area contributed by atoms with Crippen LogP contribution in [0.1, 0.15) is 102 Å². The SMILES string of the molecule is CC[C@@H](C)[C@@H]([C@@H](CC(=O)N1CCC[C@H]1[C@H](OC)[C@@H](C)C(=O)N[C@H](Cc1ccccc1)C(=O)O)OC)N(C)C(=O)[C@@H](NC(=O)[C@H](C(C)C)N(C)C(=O)OCc1ccc(O[C@@H]2C[C@H](C(=O)O)[C@@H](O)[C@H](O)[C@H]2O)c(C(=O)NCCOCCOCCON)c1)C(C)C. The first-order valence-corrected chi connectivity index (χ1v) is 29.9. The fourth-order valence-corrected chi connectivity index (χ4v) is 11.3. The van der Waals surface area contributed by atoms with Gasteiger partial charge >= 0.3 is 18.0 Å². The number of hydrogen-bond donors (Lipinski definition) is 9. The number of benzene rings is 2. The molecule has 494 valence electrons. The van der Waals surface area contributed by atoms with Gasteiger partial charge in [-0.2, -0.15) is 0 Å². The van der Waals surface area contributed by atoms with Gasteiger partial charge in [-0.05, 0) is 53.9 Å². The number of carbonyl (C=O) groups excluding carboxylic acids is 6. The molecule has 14 atom stereocenters. The zero-order valence-corrected chi connectivity index (χ0v) is 52.5. The topological polar surface area (TPSA) is 374 Å². The first-order valence-electron chi connectivity index (χ1n) is 29.9. The molecule has 27 nitrogen and oxygen atoms in total. The highest BCUT2D eigenvalue weighted by Gasteiger charge is 2.48. The van der Waals surface area contributed by atoms with Crippen molar-refractivity contribution < 1.29 is 97.1 Å². The van der Waals surface area contributed by atoms with Gasteiger partial charge < -0.3 is 84.5 Å². The molecule has 2 aromatic carbocycles. The molecule has 0 radical (unpaired) electrons. The Labute approximate surface area is 515 Å². The Morgan fingerprint density at radius 2 is 1.43 bits per heavy atom. The van der Waals surface area contributed by atoms with E-state index in [1.54, 1.807) is 70.8 Å². The maximum Gasteiger partial charge on any atom is 0.410 e. The van der Waals surface area contributed by atoms with Crippen LogP contribution in [0.25, 0.3) is 0 Å². The first kappa shape index (κ1) is 73.9. The number of aliphatic hydroxyl groups excluding tert-OH is 3. The number of nitrogens with one attached hydrogen (secondary N) is 3. The van der Waals surface area contributed by atoms with Crippen LogP contribution in [0.3, 0.4) is 0 Å². The maximum atomic E-state index is 14.8. The van der Waals surface area contributed by atoms with Gasteiger partial charge in [-0.15, -0.1) is 0 Å². The van der Waals surface area contributed by atoms with Gasteiger partial charge in [0.2, 0.25) is 23.6 Å². The van der Waals surface area contributed by atoms with Crippen molar-refractivity contribution in [3.8, 4) is 5.75 Å². The number of carboxylic acid groups (broad SMARTS) is 2. The third-order valence-corrected chi connectivity index (χ3v) is 16.5. The summed E-state index contributed by atoms with van der Waals surface area (Å²) in [6.45, 7) is 13.3. The molecule has 0 unspecified atom stereocenters. The molecule has 0 spiro atoms. The highest BCUT2D eigenvalue weighted by atomic mass is 16.6. The molecule has 6 amide bonds. The number of methoxy groups -OCH3 is 2. The summed E-state index contributed by atoms with van der Waals surface area (Å²) in [5.74, 6) is -4.02. The fraction of sp³-hybridized carbons (Fsp3) is 0.672. The summed E-state index contributed by atoms with van der Waals surface area (Å²) < 4.78 is 34.5. The molecular weight excluding hydrogens is 1150 g/mol. The molecule has 2 aliphatic rings. The van der Waals surface area contributed by atoms with Crippen LogP contribution in [-0.2, 0) is 70.3 Å². The van der Waals surface area contributed by atoms with E-state index in [0.29, 0.717) is 25.8 Å². The number of rotatable bonds is 36. The van der Waals surface area contributed by atoms with Crippen LogP contribution in [-0.4, -0.2) is 229 Å². The monoisotopic (exact) mass is 1250 g/mol. The van der Waals surface area contributed by atoms with Crippen molar-refractivity contribution in [3.05, 3.63) is 65.2 Å². The van der Waals surface area contributed by atoms with E-state index in [4.69, 9.17) is 34.3 Å². The Bertz CT molecular complexity index is 2580. The molecule has 1 saturated heterocycles. The number of ether oxygens (including phenoxy) is 6. The molecule has 0 aromatic heterocycles. The number of carbonyl (C=O) groups is 8. The number of aliphatic carboxylic acids is 2. The van der Waals surface area contributed by atoms with Gasteiger partial charge in [-0.1, -0.05) is 91.3 Å². The number of amides is 6. The minimum Gasteiger partial charge on any atom is -0.487 e. The van der Waals surface area contributed by atoms with Gasteiger partial charge in [0.1, 0.15) is 48.8 Å². The van der Waals surface area contributed by atoms with Gasteiger partial charge in [0.05, 0.1) is 87.3 Å². The first-order chi connectivity index (χ1) is 41.7. The van der Waals surface area contributed by atoms with Gasteiger partial charge in [0.15, 0.2) is 0 Å². The van der Waals surface area contributed by atoms with Gasteiger partial charge in [-0.3, -0.25) is 33.7 Å². The molecule has 0 bridgehead atoms. The Hall–Kier alpha value is -6.56. The molecule has 2 fully saturated rings. The van der Waals surface area contributed by atoms with Crippen molar-refractivity contribution in [3.63, 3.8) is 0 Å². The summed E-state index contributed by atoms with van der Waals surface area (Å²) in [7, 11) is 5.86. The molecule has 10 N–H and O–H groups in total. The van der Waals surface area contributed by atoms with Crippen LogP contribution in [0.15, 0.2) is 48.5 Å². The Kier molecular flexibility index (Phi) is 30.4. The van der Waals surface area contributed by atoms with E-state index >= 15 is 0 Å². The second-order valence-electron chi connectivity index (χ2n) is 23.3. The van der Waals surface area contributed by atoms with Gasteiger partial charge in [0, 0.05) is 54.2 Å². The standard InChI is InChI=1S/C61H95N7O20/c1-12-36(6)50(45(82-10)32-47(69)68-23-16-19-43(68)54(83-11)37(7)55(73)64-42(60(79)80)30-38-17-14-13-15-18-38)66(8)58(76)48(34(2)3)65-57(75)49(35(4)5)67(9)61(81)86-33-39-20-21-44(88-46-31-41(59(77)78)51(70)53(72)52(46)71)40(29-39)56(74)63-22-24-84-25-26-85-27-28-87-62/h13-15,17-18,20-21,29,34-37,41-43,45-46,48-54,70-72H,12,16,19,22-28,30-33,62H2,1-11H3,(H,63,74)(H,64,73)(H,65,75)(H,77,78)(H,79,80)/t36-,37-,41+,42-,43+,45-,46-,48+,49+,50+,51-,52+,53+,54-/m1/s1. The molecule has 2 aromatic rings. The Morgan fingerprint density at radius 3 is 2.02 bits per heavy atom. The zero-order valence-electron chi connectivity index (χ0n) is 52.5. The summed E-state index contributed by atoms with van der Waals surface area (Å²) in [5.41, 5.74) is 0.875. The van der Waals surface area contributed by atoms with Crippen molar-refractivity contribution >= 4 is 47.6 Å². The maximum absolute atomic E-state index is 14.8. The molecule has 1 aliphatic carbocycles. The Morgan fingerprint density at radius 1 is 0.773 bits per heavy atom. The van der Waals surface area contributed by atoms with Crippen molar-refractivity contribution in [1.82, 2.24) is 30.7 Å². The molecule has 1 saturated carbocycles. The number of hydrogen-bond acceptors (Lipinski definition) is 19. The van der Waals surface area contributed by atoms with Crippen LogP contribution in [0.4, 0.5) is 4.79 Å². The lowest BCUT2D eigenvalue weighted by atomic mass is 9.80. The number of likely N-dealkylation sites (N-methyl/N-ethyl adjacent to an activating group) is 2. The van der Waals surface area contributed by atoms with E-state index in [9.17, 15) is 63.9 Å². The van der Waals surface area contributed by atoms with Crippen molar-refractivity contribution in [2.45, 2.75) is 160 Å². The van der Waals surface area contributed by atoms with Gasteiger partial charge in [-0.25, -0.2) is 15.5 Å². The predicted octanol–water partition coefficient (Wildman–Crippen LogP) is 1.74. The van der Waals surface area contributed by atoms with Crippen LogP contribution in [0.2, 0.25) is 0 Å². The van der Waals surface area contributed by atoms with Crippen molar-refractivity contribution in [2.75, 3.05) is 74.4 Å². The number of nitrogens with zero attached hydrogens (tertiary/aromatic N) is 3. The fourth-order valence-electron chi connectivity index (χ4n) is 11.3. The minimum atomic E-state index is -1.88. The van der Waals surface area contributed by atoms with E-state index < -0.39 is 145 Å². The quantitative estimate of drug-likeness (QED) is 0.0346. The van der Waals surface area contributed by atoms with Gasteiger partial charge in [0.25, 0.3) is 5.91 Å². The second kappa shape index (κ2) is 36.2. The van der Waals surface area contributed by atoms with E-state index in [2.05, 4.69) is 20.8 Å². The summed E-state index contributed by atoms with van der Waals surface area (Å²) in [6.07, 6.45) is -8.15. The zero-order chi connectivity index (χ0) is 65.5. The molecular formula is C61H95N7O20. The smallest absolute Gasteiger partial charge is 0.410 e. The minimum absolute atomic E-state index is 0.00941. The molecule has 4 rings (SSSR count). The van der Waals surface area contributed by atoms with E-state index in [0.717, 1.165) is 10.5 Å². The summed E-state index contributed by atoms with van der Waals surface area (Å²) in [5, 5.41) is 59.6. The third kappa shape index (κ3) is 20.5. The predicted molar refractivity (Wildman–Crippen MR) is 318 cm³/mol. The molecule has 27 heteroatoms. The highest BCUT2D eigenvalue weighted by Crippen LogP contribution is 2.33. The molecule has 88 heavy (non-hydrogen) atoms. The lowest BCUT2D eigenvalue weighted by Gasteiger charge is -2.41. The number of aliphatic hydroxyl groups is 3. The average Bonchev–Trinajstić information content (AvgIpc) is 2.31. The largest absolute Gasteiger partial charge is 0.487 e. The van der Waals surface area contributed by atoms with E-state index in [-0.39, 0.29) is 81.1 Å². The lowest BCUT2D eigenvalue weighted by molar-refractivity contribution is -0.174. The lowest BCUT2D eigenvalue weighted by Crippen LogP contribution is -2.60. The molecule has 1 heterocycles. The van der Waals surface area contributed by atoms with Crippen LogP contribution >= 0.6 is 0 Å². The average molecular weight is 1250 g/mol. The normalized spacial score (nSPS) is 21.2. The van der Waals surface area contributed by atoms with E-state index in [1.165, 1.54) is 44.4 Å². The van der Waals surface area contributed by atoms with Crippen molar-refractivity contribution in [1.29, 1.82) is 0 Å². The second-order valence-corrected chi connectivity index (χ2v) is 23.3. The van der Waals surface area contributed by atoms with Crippen molar-refractivity contribution in [2.24, 2.45) is 35.5 Å². The number of nitrogens with two attached hydrogens (primary N) is 1. The summed E-state index contributed by atoms with van der Waals surface area (Å²) >= 11 is 0. The third-order valence-electron chi connectivity index (χ3n) is 16.5. The number of likely N-dealkylation sites (tertiary alicyclic amines) is 1. The van der Waals surface area contributed by atoms with E-state index in [1.807, 2.05) is 19.9 Å². The summed E-state index contributed by atoms with van der Waals surface area (Å²) in [6, 6.07) is 8.35. The Balaban J connectivity index is 1.48. The molecule has 1 aliphatic heterocycles. The van der Waals surface area contributed by atoms with Crippen LogP contribution < -0.4 is 26.6 Å². The highest BCUT2D eigenvalue weighted by molar-refractivity contribution is 5.97. The van der Waals surface area contributed by atoms with Crippen LogP contribution in [0.5, 0.6) is 5.75 Å². The van der Waals surface area contributed by atoms with Crippen LogP contribution in [0, 0.1) is 29.6 Å².